The van der Waals surface area contributed by atoms with Crippen LogP contribution in [0.2, 0.25) is 5.02 Å². The Hall–Kier alpha value is -1.75. The molecule has 3 atom stereocenters. The molecular formula is C21H25ClN2O2. The molecule has 0 spiro atoms. The highest BCUT2D eigenvalue weighted by atomic mass is 35.5. The molecule has 2 aliphatic rings. The van der Waals surface area contributed by atoms with E-state index in [9.17, 15) is 0 Å². The highest BCUT2D eigenvalue weighted by molar-refractivity contribution is 6.30. The van der Waals surface area contributed by atoms with Gasteiger partial charge in [0.2, 0.25) is 0 Å². The third kappa shape index (κ3) is 3.41. The normalized spacial score (nSPS) is 25.7. The van der Waals surface area contributed by atoms with E-state index in [0.29, 0.717) is 5.02 Å². The molecule has 2 aromatic rings. The van der Waals surface area contributed by atoms with Crippen LogP contribution in [0.4, 0.5) is 0 Å². The number of likely N-dealkylation sites (tertiary alicyclic amines) is 1. The Morgan fingerprint density at radius 3 is 2.73 bits per heavy atom. The van der Waals surface area contributed by atoms with Crippen molar-refractivity contribution >= 4 is 11.6 Å². The maximum Gasteiger partial charge on any atom is 0.140 e. The van der Waals surface area contributed by atoms with Crippen LogP contribution < -0.4 is 15.2 Å². The van der Waals surface area contributed by atoms with Gasteiger partial charge in [0.25, 0.3) is 0 Å². The summed E-state index contributed by atoms with van der Waals surface area (Å²) in [7, 11) is 1.70. The second-order valence-electron chi connectivity index (χ2n) is 7.20. The fourth-order valence-corrected chi connectivity index (χ4v) is 4.48. The molecule has 2 N–H and O–H groups in total. The Balaban J connectivity index is 1.71. The lowest BCUT2D eigenvalue weighted by Gasteiger charge is -2.38. The number of nitrogens with two attached hydrogens (primary N) is 1. The molecule has 26 heavy (non-hydrogen) atoms. The maximum absolute atomic E-state index is 6.46. The molecule has 1 aliphatic carbocycles. The van der Waals surface area contributed by atoms with Crippen LogP contribution in [-0.4, -0.2) is 37.2 Å². The van der Waals surface area contributed by atoms with E-state index in [1.54, 1.807) is 7.11 Å². The summed E-state index contributed by atoms with van der Waals surface area (Å²) in [6, 6.07) is 14.4. The summed E-state index contributed by atoms with van der Waals surface area (Å²) in [5.74, 6) is 1.72. The van der Waals surface area contributed by atoms with Gasteiger partial charge in [-0.05, 0) is 50.1 Å². The van der Waals surface area contributed by atoms with Gasteiger partial charge < -0.3 is 15.2 Å². The van der Waals surface area contributed by atoms with Crippen LogP contribution in [0.5, 0.6) is 11.5 Å². The molecule has 0 unspecified atom stereocenters. The van der Waals surface area contributed by atoms with Crippen molar-refractivity contribution in [2.45, 2.75) is 37.5 Å². The molecule has 1 aliphatic heterocycles. The monoisotopic (exact) mass is 372 g/mol. The van der Waals surface area contributed by atoms with Crippen molar-refractivity contribution in [1.29, 1.82) is 0 Å². The van der Waals surface area contributed by atoms with Gasteiger partial charge in [-0.2, -0.15) is 0 Å². The molecule has 1 heterocycles. The molecule has 0 radical (unpaired) electrons. The van der Waals surface area contributed by atoms with E-state index < -0.39 is 0 Å². The molecule has 0 amide bonds. The number of piperidine rings is 1. The predicted octanol–water partition coefficient (Wildman–Crippen LogP) is 3.82. The van der Waals surface area contributed by atoms with Gasteiger partial charge in [-0.1, -0.05) is 29.8 Å². The minimum absolute atomic E-state index is 0.0784. The lowest BCUT2D eigenvalue weighted by molar-refractivity contribution is 0.0593. The Bertz CT molecular complexity index is 768. The van der Waals surface area contributed by atoms with Crippen molar-refractivity contribution in [3.05, 3.63) is 58.6 Å². The average Bonchev–Trinajstić information content (AvgIpc) is 3.00. The number of hydrogen-bond acceptors (Lipinski definition) is 4. The number of ether oxygens (including phenoxy) is 2. The van der Waals surface area contributed by atoms with E-state index in [2.05, 4.69) is 4.90 Å². The molecule has 0 saturated carbocycles. The van der Waals surface area contributed by atoms with Crippen LogP contribution in [0.15, 0.2) is 42.5 Å². The SMILES string of the molecule is COc1cc(Cl)cc2c1C[C@H](N1CCC[C@@H](N)C1)[C@H]2Oc1ccccc1. The zero-order chi connectivity index (χ0) is 18.1. The largest absolute Gasteiger partial charge is 0.496 e. The summed E-state index contributed by atoms with van der Waals surface area (Å²) < 4.78 is 12.1. The number of benzene rings is 2. The van der Waals surface area contributed by atoms with E-state index in [4.69, 9.17) is 26.8 Å². The molecule has 5 heteroatoms. The zero-order valence-electron chi connectivity index (χ0n) is 15.0. The van der Waals surface area contributed by atoms with Gasteiger partial charge in [0.05, 0.1) is 13.2 Å². The van der Waals surface area contributed by atoms with E-state index >= 15 is 0 Å². The van der Waals surface area contributed by atoms with Crippen LogP contribution in [0.1, 0.15) is 30.1 Å². The average molecular weight is 373 g/mol. The van der Waals surface area contributed by atoms with E-state index in [1.165, 1.54) is 5.56 Å². The number of hydrogen-bond donors (Lipinski definition) is 1. The summed E-state index contributed by atoms with van der Waals surface area (Å²) >= 11 is 6.36. The summed E-state index contributed by atoms with van der Waals surface area (Å²) in [5, 5.41) is 0.679. The van der Waals surface area contributed by atoms with Gasteiger partial charge in [-0.3, -0.25) is 4.90 Å². The quantitative estimate of drug-likeness (QED) is 0.886. The summed E-state index contributed by atoms with van der Waals surface area (Å²) in [6.45, 7) is 1.96. The van der Waals surface area contributed by atoms with Crippen molar-refractivity contribution in [3.8, 4) is 11.5 Å². The van der Waals surface area contributed by atoms with Gasteiger partial charge in [0.15, 0.2) is 0 Å². The Kier molecular flexibility index (Phi) is 5.07. The fourth-order valence-electron chi connectivity index (χ4n) is 4.26. The van der Waals surface area contributed by atoms with Crippen molar-refractivity contribution in [2.75, 3.05) is 20.2 Å². The lowest BCUT2D eigenvalue weighted by Crippen LogP contribution is -2.49. The first kappa shape index (κ1) is 17.7. The number of para-hydroxylation sites is 1. The molecular weight excluding hydrogens is 348 g/mol. The maximum atomic E-state index is 6.46. The minimum atomic E-state index is -0.0784. The smallest absolute Gasteiger partial charge is 0.140 e. The third-order valence-electron chi connectivity index (χ3n) is 5.46. The highest BCUT2D eigenvalue weighted by Gasteiger charge is 2.41. The topological polar surface area (TPSA) is 47.7 Å². The number of halogens is 1. The van der Waals surface area contributed by atoms with Crippen LogP contribution >= 0.6 is 11.6 Å². The number of fused-ring (bicyclic) bond motifs is 1. The van der Waals surface area contributed by atoms with Gasteiger partial charge >= 0.3 is 0 Å². The number of methoxy groups -OCH3 is 1. The van der Waals surface area contributed by atoms with Crippen LogP contribution in [0.3, 0.4) is 0 Å². The van der Waals surface area contributed by atoms with Crippen LogP contribution in [-0.2, 0) is 6.42 Å². The fraction of sp³-hybridized carbons (Fsp3) is 0.429. The van der Waals surface area contributed by atoms with Crippen molar-refractivity contribution in [2.24, 2.45) is 5.73 Å². The summed E-state index contributed by atoms with van der Waals surface area (Å²) in [4.78, 5) is 2.48. The molecule has 2 aromatic carbocycles. The van der Waals surface area contributed by atoms with Crippen molar-refractivity contribution in [1.82, 2.24) is 4.90 Å². The molecule has 4 nitrogen and oxygen atoms in total. The summed E-state index contributed by atoms with van der Waals surface area (Å²) in [5.41, 5.74) is 8.57. The number of nitrogens with zero attached hydrogens (tertiary/aromatic N) is 1. The van der Waals surface area contributed by atoms with E-state index in [1.807, 2.05) is 42.5 Å². The minimum Gasteiger partial charge on any atom is -0.496 e. The van der Waals surface area contributed by atoms with Crippen LogP contribution in [0, 0.1) is 0 Å². The molecule has 4 rings (SSSR count). The first-order chi connectivity index (χ1) is 12.7. The highest BCUT2D eigenvalue weighted by Crippen LogP contribution is 2.44. The molecule has 138 valence electrons. The predicted molar refractivity (Wildman–Crippen MR) is 104 cm³/mol. The third-order valence-corrected chi connectivity index (χ3v) is 5.68. The molecule has 0 aromatic heterocycles. The van der Waals surface area contributed by atoms with Gasteiger partial charge in [0, 0.05) is 28.7 Å². The summed E-state index contributed by atoms with van der Waals surface area (Å²) in [6.07, 6.45) is 3.03. The standard InChI is InChI=1S/C21H25ClN2O2/c1-25-20-11-14(22)10-18-17(20)12-19(24-9-5-6-15(23)13-24)21(18)26-16-7-3-2-4-8-16/h2-4,7-8,10-11,15,19,21H,5-6,9,12-13,23H2,1H3/t15-,19+,21+/m1/s1. The Morgan fingerprint density at radius 2 is 2.00 bits per heavy atom. The van der Waals surface area contributed by atoms with Gasteiger partial charge in [-0.15, -0.1) is 0 Å². The Morgan fingerprint density at radius 1 is 1.19 bits per heavy atom. The van der Waals surface area contributed by atoms with Crippen LogP contribution in [0.25, 0.3) is 0 Å². The molecule has 1 fully saturated rings. The van der Waals surface area contributed by atoms with E-state index in [-0.39, 0.29) is 18.2 Å². The first-order valence-electron chi connectivity index (χ1n) is 9.23. The second-order valence-corrected chi connectivity index (χ2v) is 7.63. The zero-order valence-corrected chi connectivity index (χ0v) is 15.8. The Labute approximate surface area is 159 Å². The number of rotatable bonds is 4. The van der Waals surface area contributed by atoms with Crippen molar-refractivity contribution in [3.63, 3.8) is 0 Å². The first-order valence-corrected chi connectivity index (χ1v) is 9.61. The van der Waals surface area contributed by atoms with Gasteiger partial charge in [0.1, 0.15) is 17.6 Å². The van der Waals surface area contributed by atoms with Gasteiger partial charge in [-0.25, -0.2) is 0 Å². The second kappa shape index (κ2) is 7.47. The van der Waals surface area contributed by atoms with Crippen molar-refractivity contribution < 1.29 is 9.47 Å². The lowest BCUT2D eigenvalue weighted by atomic mass is 10.0. The van der Waals surface area contributed by atoms with E-state index in [0.717, 1.165) is 49.4 Å². The molecule has 0 bridgehead atoms. The molecule has 1 saturated heterocycles.